The number of nitrogens with zero attached hydrogens (tertiary/aromatic N) is 1. The monoisotopic (exact) mass is 289 g/mol. The second-order valence-electron chi connectivity index (χ2n) is 5.27. The Morgan fingerprint density at radius 2 is 1.81 bits per heavy atom. The smallest absolute Gasteiger partial charge is 0.133 e. The molecule has 1 aromatic carbocycles. The fourth-order valence-corrected chi connectivity index (χ4v) is 2.29. The zero-order valence-corrected chi connectivity index (χ0v) is 12.4. The van der Waals surface area contributed by atoms with Gasteiger partial charge in [0.2, 0.25) is 0 Å². The van der Waals surface area contributed by atoms with E-state index in [0.717, 1.165) is 5.56 Å². The Kier molecular flexibility index (Phi) is 5.99. The van der Waals surface area contributed by atoms with Crippen LogP contribution in [-0.2, 0) is 6.54 Å². The molecule has 0 aliphatic carbocycles. The number of furan rings is 1. The molecule has 0 bridgehead atoms. The minimum absolute atomic E-state index is 0.391. The molecule has 0 saturated carbocycles. The van der Waals surface area contributed by atoms with Crippen LogP contribution < -0.4 is 0 Å². The second kappa shape index (κ2) is 7.98. The summed E-state index contributed by atoms with van der Waals surface area (Å²) in [5, 5.41) is 20.1. The summed E-state index contributed by atoms with van der Waals surface area (Å²) >= 11 is 0. The van der Waals surface area contributed by atoms with Gasteiger partial charge in [0, 0.05) is 19.6 Å². The van der Waals surface area contributed by atoms with Crippen LogP contribution >= 0.6 is 0 Å². The van der Waals surface area contributed by atoms with Crippen molar-refractivity contribution in [1.29, 1.82) is 0 Å². The first-order chi connectivity index (χ1) is 10.2. The van der Waals surface area contributed by atoms with Gasteiger partial charge in [-0.25, -0.2) is 0 Å². The van der Waals surface area contributed by atoms with E-state index in [-0.39, 0.29) is 0 Å². The molecule has 1 heterocycles. The van der Waals surface area contributed by atoms with Gasteiger partial charge in [-0.3, -0.25) is 4.90 Å². The first-order valence-corrected chi connectivity index (χ1v) is 7.35. The van der Waals surface area contributed by atoms with Gasteiger partial charge in [0.1, 0.15) is 11.9 Å². The van der Waals surface area contributed by atoms with Crippen LogP contribution in [0.2, 0.25) is 0 Å². The summed E-state index contributed by atoms with van der Waals surface area (Å²) in [7, 11) is 0. The number of aliphatic hydroxyl groups is 2. The standard InChI is InChI=1S/C17H23NO3/c1-2-15(19)12-18(11-14-7-4-3-5-8-14)13-16(20)17-9-6-10-21-17/h3-10,15-16,19-20H,2,11-13H2,1H3/t15-,16?/m1/s1. The van der Waals surface area contributed by atoms with Crippen LogP contribution in [-0.4, -0.2) is 34.3 Å². The number of rotatable bonds is 8. The summed E-state index contributed by atoms with van der Waals surface area (Å²) in [4.78, 5) is 2.05. The van der Waals surface area contributed by atoms with Crippen molar-refractivity contribution < 1.29 is 14.6 Å². The Morgan fingerprint density at radius 3 is 2.43 bits per heavy atom. The van der Waals surface area contributed by atoms with E-state index in [2.05, 4.69) is 4.90 Å². The summed E-state index contributed by atoms with van der Waals surface area (Å²) in [5.74, 6) is 0.555. The van der Waals surface area contributed by atoms with Crippen molar-refractivity contribution in [2.24, 2.45) is 0 Å². The number of hydrogen-bond acceptors (Lipinski definition) is 4. The highest BCUT2D eigenvalue weighted by Crippen LogP contribution is 2.16. The molecule has 1 aromatic heterocycles. The molecular weight excluding hydrogens is 266 g/mol. The minimum atomic E-state index is -0.687. The first kappa shape index (κ1) is 15.8. The highest BCUT2D eigenvalue weighted by atomic mass is 16.4. The lowest BCUT2D eigenvalue weighted by Crippen LogP contribution is -2.35. The number of benzene rings is 1. The van der Waals surface area contributed by atoms with Crippen molar-refractivity contribution in [3.8, 4) is 0 Å². The molecule has 0 aliphatic heterocycles. The first-order valence-electron chi connectivity index (χ1n) is 7.35. The second-order valence-corrected chi connectivity index (χ2v) is 5.27. The summed E-state index contributed by atoms with van der Waals surface area (Å²) in [6.07, 6.45) is 1.17. The van der Waals surface area contributed by atoms with Crippen LogP contribution in [0.25, 0.3) is 0 Å². The van der Waals surface area contributed by atoms with Crippen LogP contribution in [0.15, 0.2) is 53.1 Å². The van der Waals surface area contributed by atoms with Crippen LogP contribution in [0.3, 0.4) is 0 Å². The van der Waals surface area contributed by atoms with Crippen molar-refractivity contribution in [2.75, 3.05) is 13.1 Å². The van der Waals surface area contributed by atoms with Crippen molar-refractivity contribution in [3.05, 3.63) is 60.1 Å². The van der Waals surface area contributed by atoms with Crippen molar-refractivity contribution in [2.45, 2.75) is 32.1 Å². The molecular formula is C17H23NO3. The predicted octanol–water partition coefficient (Wildman–Crippen LogP) is 2.59. The molecule has 114 valence electrons. The molecule has 4 heteroatoms. The van der Waals surface area contributed by atoms with Gasteiger partial charge in [-0.05, 0) is 24.1 Å². The predicted molar refractivity (Wildman–Crippen MR) is 81.7 cm³/mol. The van der Waals surface area contributed by atoms with Gasteiger partial charge in [0.15, 0.2) is 0 Å². The maximum atomic E-state index is 10.2. The van der Waals surface area contributed by atoms with Crippen LogP contribution in [0.1, 0.15) is 30.8 Å². The highest BCUT2D eigenvalue weighted by Gasteiger charge is 2.18. The molecule has 2 aromatic rings. The van der Waals surface area contributed by atoms with E-state index < -0.39 is 12.2 Å². The molecule has 2 atom stereocenters. The Bertz CT molecular complexity index is 498. The largest absolute Gasteiger partial charge is 0.467 e. The Labute approximate surface area is 125 Å². The fourth-order valence-electron chi connectivity index (χ4n) is 2.29. The van der Waals surface area contributed by atoms with Crippen molar-refractivity contribution in [1.82, 2.24) is 4.90 Å². The molecule has 4 nitrogen and oxygen atoms in total. The molecule has 1 unspecified atom stereocenters. The normalized spacial score (nSPS) is 14.3. The molecule has 0 amide bonds. The molecule has 0 spiro atoms. The molecule has 0 saturated heterocycles. The molecule has 2 rings (SSSR count). The van der Waals surface area contributed by atoms with Gasteiger partial charge >= 0.3 is 0 Å². The van der Waals surface area contributed by atoms with Crippen LogP contribution in [0, 0.1) is 0 Å². The third-order valence-electron chi connectivity index (χ3n) is 3.49. The molecule has 0 aliphatic rings. The van der Waals surface area contributed by atoms with Gasteiger partial charge in [0.05, 0.1) is 12.4 Å². The van der Waals surface area contributed by atoms with E-state index in [4.69, 9.17) is 4.42 Å². The van der Waals surface area contributed by atoms with E-state index >= 15 is 0 Å². The number of hydrogen-bond donors (Lipinski definition) is 2. The van der Waals surface area contributed by atoms with E-state index in [1.54, 1.807) is 18.4 Å². The summed E-state index contributed by atoms with van der Waals surface area (Å²) < 4.78 is 5.24. The van der Waals surface area contributed by atoms with Crippen molar-refractivity contribution >= 4 is 0 Å². The lowest BCUT2D eigenvalue weighted by molar-refractivity contribution is 0.0547. The molecule has 2 N–H and O–H groups in total. The topological polar surface area (TPSA) is 56.8 Å². The summed E-state index contributed by atoms with van der Waals surface area (Å²) in [6, 6.07) is 13.6. The average molecular weight is 289 g/mol. The van der Waals surface area contributed by atoms with Gasteiger partial charge in [0.25, 0.3) is 0 Å². The third-order valence-corrected chi connectivity index (χ3v) is 3.49. The van der Waals surface area contributed by atoms with Crippen LogP contribution in [0.5, 0.6) is 0 Å². The highest BCUT2D eigenvalue weighted by molar-refractivity contribution is 5.14. The van der Waals surface area contributed by atoms with Crippen LogP contribution in [0.4, 0.5) is 0 Å². The SMILES string of the molecule is CC[C@@H](O)CN(Cc1ccccc1)CC(O)c1ccco1. The molecule has 0 fully saturated rings. The quantitative estimate of drug-likeness (QED) is 0.784. The molecule has 0 radical (unpaired) electrons. The Balaban J connectivity index is 2.01. The van der Waals surface area contributed by atoms with E-state index in [0.29, 0.717) is 31.8 Å². The summed E-state index contributed by atoms with van der Waals surface area (Å²) in [5.41, 5.74) is 1.16. The molecule has 21 heavy (non-hydrogen) atoms. The lowest BCUT2D eigenvalue weighted by atomic mass is 10.1. The van der Waals surface area contributed by atoms with Gasteiger partial charge in [-0.2, -0.15) is 0 Å². The van der Waals surface area contributed by atoms with E-state index in [9.17, 15) is 10.2 Å². The van der Waals surface area contributed by atoms with E-state index in [1.165, 1.54) is 0 Å². The fraction of sp³-hybridized carbons (Fsp3) is 0.412. The maximum Gasteiger partial charge on any atom is 0.133 e. The summed E-state index contributed by atoms with van der Waals surface area (Å²) in [6.45, 7) is 3.60. The van der Waals surface area contributed by atoms with Gasteiger partial charge < -0.3 is 14.6 Å². The Morgan fingerprint density at radius 1 is 1.05 bits per heavy atom. The maximum absolute atomic E-state index is 10.2. The Hall–Kier alpha value is -1.62. The van der Waals surface area contributed by atoms with Gasteiger partial charge in [-0.1, -0.05) is 37.3 Å². The van der Waals surface area contributed by atoms with Gasteiger partial charge in [-0.15, -0.1) is 0 Å². The minimum Gasteiger partial charge on any atom is -0.467 e. The zero-order chi connectivity index (χ0) is 15.1. The number of aliphatic hydroxyl groups excluding tert-OH is 2. The lowest BCUT2D eigenvalue weighted by Gasteiger charge is -2.26. The average Bonchev–Trinajstić information content (AvgIpc) is 3.02. The van der Waals surface area contributed by atoms with Crippen molar-refractivity contribution in [3.63, 3.8) is 0 Å². The third kappa shape index (κ3) is 5.01. The van der Waals surface area contributed by atoms with E-state index in [1.807, 2.05) is 37.3 Å². The zero-order valence-electron chi connectivity index (χ0n) is 12.4.